The van der Waals surface area contributed by atoms with Crippen LogP contribution in [0.2, 0.25) is 0 Å². The van der Waals surface area contributed by atoms with Crippen LogP contribution in [-0.2, 0) is 4.79 Å². The zero-order valence-corrected chi connectivity index (χ0v) is 12.2. The van der Waals surface area contributed by atoms with Gasteiger partial charge in [-0.25, -0.2) is 4.79 Å². The Morgan fingerprint density at radius 2 is 1.90 bits per heavy atom. The van der Waals surface area contributed by atoms with E-state index in [0.29, 0.717) is 5.75 Å². The third-order valence-corrected chi connectivity index (χ3v) is 2.94. The third kappa shape index (κ3) is 4.55. The summed E-state index contributed by atoms with van der Waals surface area (Å²) in [6.45, 7) is 3.62. The number of urea groups is 1. The van der Waals surface area contributed by atoms with Crippen LogP contribution in [0.5, 0.6) is 5.75 Å². The lowest BCUT2D eigenvalue weighted by Gasteiger charge is -2.16. The maximum absolute atomic E-state index is 11.7. The summed E-state index contributed by atoms with van der Waals surface area (Å²) in [5.41, 5.74) is 1.06. The molecule has 3 N–H and O–H groups in total. The fourth-order valence-corrected chi connectivity index (χ4v) is 1.56. The lowest BCUT2D eigenvalue weighted by Crippen LogP contribution is -2.43. The van der Waals surface area contributed by atoms with Crippen molar-refractivity contribution in [3.63, 3.8) is 0 Å². The molecule has 0 heterocycles. The topological polar surface area (TPSA) is 79.5 Å². The van der Waals surface area contributed by atoms with Gasteiger partial charge in [0.2, 0.25) is 0 Å². The second-order valence-corrected chi connectivity index (χ2v) is 4.41. The molecule has 0 aliphatic rings. The number of nitrogens with one attached hydrogen (secondary N) is 3. The Morgan fingerprint density at radius 1 is 1.20 bits per heavy atom. The smallest absolute Gasteiger partial charge is 0.321 e. The normalized spacial score (nSPS) is 13.2. The summed E-state index contributed by atoms with van der Waals surface area (Å²) < 4.78 is 5.54. The van der Waals surface area contributed by atoms with E-state index < -0.39 is 18.0 Å². The molecule has 0 spiro atoms. The van der Waals surface area contributed by atoms with Gasteiger partial charge in [0.25, 0.3) is 5.91 Å². The summed E-state index contributed by atoms with van der Waals surface area (Å²) in [7, 11) is 3.31. The highest BCUT2D eigenvalue weighted by Gasteiger charge is 2.17. The largest absolute Gasteiger partial charge is 0.481 e. The van der Waals surface area contributed by atoms with Crippen molar-refractivity contribution < 1.29 is 14.3 Å². The predicted molar refractivity (Wildman–Crippen MR) is 76.6 cm³/mol. The minimum Gasteiger partial charge on any atom is -0.481 e. The lowest BCUT2D eigenvalue weighted by atomic mass is 10.1. The molecule has 0 bridgehead atoms. The van der Waals surface area contributed by atoms with Crippen LogP contribution in [0.25, 0.3) is 0 Å². The second-order valence-electron chi connectivity index (χ2n) is 4.41. The second kappa shape index (κ2) is 7.49. The van der Waals surface area contributed by atoms with Crippen molar-refractivity contribution in [1.29, 1.82) is 0 Å². The standard InChI is InChI=1S/C14H21N3O3/c1-9(15-3)11-6-5-7-12(8-11)20-10(2)13(18)17-14(19)16-4/h5-10,15H,1-4H3,(H2,16,17,18,19). The van der Waals surface area contributed by atoms with Gasteiger partial charge in [-0.1, -0.05) is 12.1 Å². The number of amides is 3. The molecule has 0 saturated heterocycles. The zero-order chi connectivity index (χ0) is 15.1. The summed E-state index contributed by atoms with van der Waals surface area (Å²) in [4.78, 5) is 22.7. The van der Waals surface area contributed by atoms with E-state index in [9.17, 15) is 9.59 Å². The molecular weight excluding hydrogens is 258 g/mol. The van der Waals surface area contributed by atoms with Crippen molar-refractivity contribution in [1.82, 2.24) is 16.0 Å². The number of hydrogen-bond acceptors (Lipinski definition) is 4. The average Bonchev–Trinajstić information content (AvgIpc) is 2.46. The number of benzene rings is 1. The van der Waals surface area contributed by atoms with Gasteiger partial charge in [-0.05, 0) is 38.6 Å². The van der Waals surface area contributed by atoms with Crippen LogP contribution in [-0.4, -0.2) is 32.1 Å². The summed E-state index contributed by atoms with van der Waals surface area (Å²) in [6.07, 6.45) is -0.757. The van der Waals surface area contributed by atoms with Crippen molar-refractivity contribution in [2.24, 2.45) is 0 Å². The van der Waals surface area contributed by atoms with Gasteiger partial charge < -0.3 is 15.4 Å². The maximum Gasteiger partial charge on any atom is 0.321 e. The minimum atomic E-state index is -0.757. The van der Waals surface area contributed by atoms with E-state index >= 15 is 0 Å². The molecule has 2 atom stereocenters. The first-order valence-corrected chi connectivity index (χ1v) is 6.44. The van der Waals surface area contributed by atoms with E-state index in [1.807, 2.05) is 32.2 Å². The van der Waals surface area contributed by atoms with Gasteiger partial charge in [0, 0.05) is 13.1 Å². The Balaban J connectivity index is 2.68. The molecule has 1 aromatic rings. The van der Waals surface area contributed by atoms with E-state index in [1.54, 1.807) is 13.0 Å². The predicted octanol–water partition coefficient (Wildman–Crippen LogP) is 1.19. The molecule has 0 aliphatic heterocycles. The molecule has 0 radical (unpaired) electrons. The highest BCUT2D eigenvalue weighted by molar-refractivity contribution is 5.96. The maximum atomic E-state index is 11.7. The molecule has 0 fully saturated rings. The molecule has 110 valence electrons. The Morgan fingerprint density at radius 3 is 2.50 bits per heavy atom. The molecule has 6 nitrogen and oxygen atoms in total. The SMILES string of the molecule is CNC(=O)NC(=O)C(C)Oc1cccc(C(C)NC)c1. The summed E-state index contributed by atoms with van der Waals surface area (Å²) in [5.74, 6) is 0.0978. The van der Waals surface area contributed by atoms with Crippen molar-refractivity contribution in [2.45, 2.75) is 26.0 Å². The quantitative estimate of drug-likeness (QED) is 0.756. The number of hydrogen-bond donors (Lipinski definition) is 3. The number of imide groups is 1. The van der Waals surface area contributed by atoms with E-state index in [4.69, 9.17) is 4.74 Å². The Bertz CT molecular complexity index is 476. The molecule has 0 aromatic heterocycles. The van der Waals surface area contributed by atoms with Crippen LogP contribution < -0.4 is 20.7 Å². The van der Waals surface area contributed by atoms with E-state index in [0.717, 1.165) is 5.56 Å². The molecule has 20 heavy (non-hydrogen) atoms. The van der Waals surface area contributed by atoms with Gasteiger partial charge in [0.15, 0.2) is 6.10 Å². The van der Waals surface area contributed by atoms with E-state index in [2.05, 4.69) is 16.0 Å². The first-order chi connectivity index (χ1) is 9.47. The molecule has 1 aromatic carbocycles. The first-order valence-electron chi connectivity index (χ1n) is 6.44. The third-order valence-electron chi connectivity index (χ3n) is 2.94. The van der Waals surface area contributed by atoms with Gasteiger partial charge in [-0.2, -0.15) is 0 Å². The fourth-order valence-electron chi connectivity index (χ4n) is 1.56. The first kappa shape index (κ1) is 16.0. The molecule has 1 rings (SSSR count). The Labute approximate surface area is 118 Å². The summed E-state index contributed by atoms with van der Waals surface area (Å²) >= 11 is 0. The van der Waals surface area contributed by atoms with Crippen LogP contribution in [0, 0.1) is 0 Å². The van der Waals surface area contributed by atoms with Crippen LogP contribution in [0.3, 0.4) is 0 Å². The molecule has 0 aliphatic carbocycles. The van der Waals surface area contributed by atoms with Crippen LogP contribution in [0.15, 0.2) is 24.3 Å². The Hall–Kier alpha value is -2.08. The molecular formula is C14H21N3O3. The summed E-state index contributed by atoms with van der Waals surface area (Å²) in [5, 5.41) is 7.61. The highest BCUT2D eigenvalue weighted by Crippen LogP contribution is 2.19. The highest BCUT2D eigenvalue weighted by atomic mass is 16.5. The molecule has 3 amide bonds. The van der Waals surface area contributed by atoms with Crippen molar-refractivity contribution in [2.75, 3.05) is 14.1 Å². The van der Waals surface area contributed by atoms with E-state index in [-0.39, 0.29) is 6.04 Å². The van der Waals surface area contributed by atoms with Gasteiger partial charge in [0.1, 0.15) is 5.75 Å². The van der Waals surface area contributed by atoms with Crippen molar-refractivity contribution in [3.05, 3.63) is 29.8 Å². The molecule has 0 saturated carbocycles. The summed E-state index contributed by atoms with van der Waals surface area (Å²) in [6, 6.07) is 7.11. The van der Waals surface area contributed by atoms with E-state index in [1.165, 1.54) is 7.05 Å². The molecule has 6 heteroatoms. The van der Waals surface area contributed by atoms with Gasteiger partial charge in [-0.15, -0.1) is 0 Å². The number of carbonyl (C=O) groups is 2. The molecule has 2 unspecified atom stereocenters. The average molecular weight is 279 g/mol. The number of carbonyl (C=O) groups excluding carboxylic acids is 2. The van der Waals surface area contributed by atoms with Crippen LogP contribution >= 0.6 is 0 Å². The zero-order valence-electron chi connectivity index (χ0n) is 12.2. The fraction of sp³-hybridized carbons (Fsp3) is 0.429. The van der Waals surface area contributed by atoms with Gasteiger partial charge in [0.05, 0.1) is 0 Å². The minimum absolute atomic E-state index is 0.188. The number of ether oxygens (including phenoxy) is 1. The van der Waals surface area contributed by atoms with Crippen molar-refractivity contribution in [3.8, 4) is 5.75 Å². The Kier molecular flexibility index (Phi) is 5.99. The van der Waals surface area contributed by atoms with Crippen LogP contribution in [0.1, 0.15) is 25.5 Å². The van der Waals surface area contributed by atoms with Crippen LogP contribution in [0.4, 0.5) is 4.79 Å². The monoisotopic (exact) mass is 279 g/mol. The van der Waals surface area contributed by atoms with Gasteiger partial charge >= 0.3 is 6.03 Å². The lowest BCUT2D eigenvalue weighted by molar-refractivity contribution is -0.126. The van der Waals surface area contributed by atoms with Gasteiger partial charge in [-0.3, -0.25) is 10.1 Å². The number of rotatable bonds is 5. The van der Waals surface area contributed by atoms with Crippen molar-refractivity contribution >= 4 is 11.9 Å².